The Hall–Kier alpha value is -4.18. The van der Waals surface area contributed by atoms with Crippen LogP contribution >= 0.6 is 0 Å². The van der Waals surface area contributed by atoms with Crippen LogP contribution in [-0.2, 0) is 0 Å². The molecule has 0 aliphatic heterocycles. The molecule has 0 saturated carbocycles. The van der Waals surface area contributed by atoms with Gasteiger partial charge in [0.15, 0.2) is 0 Å². The summed E-state index contributed by atoms with van der Waals surface area (Å²) < 4.78 is 5.27. The maximum absolute atomic E-state index is 12.6. The molecule has 7 heteroatoms. The molecule has 0 aliphatic rings. The van der Waals surface area contributed by atoms with Gasteiger partial charge in [-0.3, -0.25) is 14.6 Å². The van der Waals surface area contributed by atoms with Gasteiger partial charge in [-0.05, 0) is 42.8 Å². The number of hydrogen-bond acceptors (Lipinski definition) is 5. The normalized spacial score (nSPS) is 9.97. The Bertz CT molecular complexity index is 1120. The zero-order valence-corrected chi connectivity index (χ0v) is 15.9. The van der Waals surface area contributed by atoms with E-state index >= 15 is 0 Å². The number of carbonyl (C=O) groups is 2. The number of pyridine rings is 1. The average molecular weight is 386 g/mol. The molecule has 0 unspecified atom stereocenters. The molecule has 0 aliphatic carbocycles. The number of hydrogen-bond donors (Lipinski definition) is 2. The first kappa shape index (κ1) is 19.6. The second-order valence-electron chi connectivity index (χ2n) is 6.23. The van der Waals surface area contributed by atoms with Gasteiger partial charge >= 0.3 is 0 Å². The van der Waals surface area contributed by atoms with E-state index in [1.807, 2.05) is 19.1 Å². The van der Waals surface area contributed by atoms with E-state index in [-0.39, 0.29) is 11.1 Å². The van der Waals surface area contributed by atoms with Crippen LogP contribution in [-0.4, -0.2) is 23.9 Å². The van der Waals surface area contributed by atoms with Crippen LogP contribution in [0.1, 0.15) is 31.8 Å². The van der Waals surface area contributed by atoms with Crippen LogP contribution in [0.4, 0.5) is 11.4 Å². The minimum atomic E-state index is -0.469. The summed E-state index contributed by atoms with van der Waals surface area (Å²) in [5, 5.41) is 14.6. The molecule has 0 saturated heterocycles. The van der Waals surface area contributed by atoms with E-state index in [0.29, 0.717) is 22.7 Å². The number of nitrogens with one attached hydrogen (secondary N) is 2. The first-order valence-corrected chi connectivity index (χ1v) is 8.73. The molecule has 2 N–H and O–H groups in total. The molecule has 3 aromatic rings. The van der Waals surface area contributed by atoms with Crippen molar-refractivity contribution >= 4 is 23.2 Å². The SMILES string of the molecule is COc1ccc(C)cc1NC(=O)c1cncc(C(=O)Nc2ccccc2C#N)c1. The van der Waals surface area contributed by atoms with Crippen molar-refractivity contribution in [3.8, 4) is 11.8 Å². The highest BCUT2D eigenvalue weighted by Crippen LogP contribution is 2.25. The molecule has 0 atom stereocenters. The molecule has 1 aromatic heterocycles. The number of ether oxygens (including phenoxy) is 1. The highest BCUT2D eigenvalue weighted by atomic mass is 16.5. The van der Waals surface area contributed by atoms with Crippen molar-refractivity contribution in [2.24, 2.45) is 0 Å². The molecule has 144 valence electrons. The molecule has 7 nitrogen and oxygen atoms in total. The fraction of sp³-hybridized carbons (Fsp3) is 0.0909. The number of aryl methyl sites for hydroxylation is 1. The van der Waals surface area contributed by atoms with E-state index in [0.717, 1.165) is 5.56 Å². The molecule has 3 rings (SSSR count). The van der Waals surface area contributed by atoms with Crippen LogP contribution in [0, 0.1) is 18.3 Å². The van der Waals surface area contributed by atoms with Gasteiger partial charge in [-0.2, -0.15) is 5.26 Å². The molecule has 0 fully saturated rings. The Kier molecular flexibility index (Phi) is 5.85. The van der Waals surface area contributed by atoms with Gasteiger partial charge in [0.25, 0.3) is 11.8 Å². The first-order chi connectivity index (χ1) is 14.0. The van der Waals surface area contributed by atoms with Gasteiger partial charge in [0.05, 0.1) is 35.2 Å². The summed E-state index contributed by atoms with van der Waals surface area (Å²) in [6.07, 6.45) is 2.73. The minimum Gasteiger partial charge on any atom is -0.495 e. The second kappa shape index (κ2) is 8.67. The molecule has 29 heavy (non-hydrogen) atoms. The quantitative estimate of drug-likeness (QED) is 0.694. The smallest absolute Gasteiger partial charge is 0.257 e. The van der Waals surface area contributed by atoms with Crippen LogP contribution in [0.2, 0.25) is 0 Å². The minimum absolute atomic E-state index is 0.196. The average Bonchev–Trinajstić information content (AvgIpc) is 2.74. The lowest BCUT2D eigenvalue weighted by Gasteiger charge is -2.11. The first-order valence-electron chi connectivity index (χ1n) is 8.73. The number of anilines is 2. The molecule has 2 amide bonds. The van der Waals surface area contributed by atoms with Crippen LogP contribution < -0.4 is 15.4 Å². The molecule has 2 aromatic carbocycles. The largest absolute Gasteiger partial charge is 0.495 e. The summed E-state index contributed by atoms with van der Waals surface area (Å²) in [6, 6.07) is 15.5. The van der Waals surface area contributed by atoms with E-state index in [9.17, 15) is 9.59 Å². The third-order valence-corrected chi connectivity index (χ3v) is 4.16. The van der Waals surface area contributed by atoms with Crippen molar-refractivity contribution in [2.45, 2.75) is 6.92 Å². The summed E-state index contributed by atoms with van der Waals surface area (Å²) in [5.41, 5.74) is 2.63. The van der Waals surface area contributed by atoms with Gasteiger partial charge in [-0.25, -0.2) is 0 Å². The van der Waals surface area contributed by atoms with E-state index in [1.54, 1.807) is 36.4 Å². The lowest BCUT2D eigenvalue weighted by atomic mass is 10.1. The Labute approximate surface area is 168 Å². The van der Waals surface area contributed by atoms with Crippen molar-refractivity contribution in [3.63, 3.8) is 0 Å². The number of rotatable bonds is 5. The molecule has 0 bridgehead atoms. The van der Waals surface area contributed by atoms with Gasteiger partial charge in [0.1, 0.15) is 11.8 Å². The molecule has 1 heterocycles. The lowest BCUT2D eigenvalue weighted by molar-refractivity contribution is 0.102. The van der Waals surface area contributed by atoms with Crippen molar-refractivity contribution in [2.75, 3.05) is 17.7 Å². The standard InChI is InChI=1S/C22H18N4O3/c1-14-7-8-20(29-2)19(9-14)26-22(28)17-10-16(12-24-13-17)21(27)25-18-6-4-3-5-15(18)11-23/h3-10,12-13H,1-2H3,(H,25,27)(H,26,28). The topological polar surface area (TPSA) is 104 Å². The van der Waals surface area contributed by atoms with E-state index in [2.05, 4.69) is 15.6 Å². The van der Waals surface area contributed by atoms with Crippen molar-refractivity contribution in [3.05, 3.63) is 83.2 Å². The predicted molar refractivity (Wildman–Crippen MR) is 109 cm³/mol. The third-order valence-electron chi connectivity index (χ3n) is 4.16. The monoisotopic (exact) mass is 386 g/mol. The Morgan fingerprint density at radius 2 is 1.62 bits per heavy atom. The van der Waals surface area contributed by atoms with Gasteiger partial charge in [0, 0.05) is 12.4 Å². The van der Waals surface area contributed by atoms with Crippen LogP contribution in [0.5, 0.6) is 5.75 Å². The number of aromatic nitrogens is 1. The summed E-state index contributed by atoms with van der Waals surface area (Å²) in [7, 11) is 1.52. The fourth-order valence-electron chi connectivity index (χ4n) is 2.69. The van der Waals surface area contributed by atoms with Crippen LogP contribution in [0.3, 0.4) is 0 Å². The van der Waals surface area contributed by atoms with Crippen LogP contribution in [0.15, 0.2) is 60.9 Å². The molecule has 0 radical (unpaired) electrons. The number of amides is 2. The highest BCUT2D eigenvalue weighted by Gasteiger charge is 2.14. The van der Waals surface area contributed by atoms with Gasteiger partial charge in [-0.1, -0.05) is 18.2 Å². The van der Waals surface area contributed by atoms with E-state index in [4.69, 9.17) is 10.00 Å². The Morgan fingerprint density at radius 1 is 0.966 bits per heavy atom. The zero-order chi connectivity index (χ0) is 20.8. The van der Waals surface area contributed by atoms with Gasteiger partial charge < -0.3 is 15.4 Å². The van der Waals surface area contributed by atoms with Crippen LogP contribution in [0.25, 0.3) is 0 Å². The summed E-state index contributed by atoms with van der Waals surface area (Å²) in [6.45, 7) is 1.90. The number of methoxy groups -OCH3 is 1. The number of para-hydroxylation sites is 1. The van der Waals surface area contributed by atoms with E-state index < -0.39 is 11.8 Å². The fourth-order valence-corrected chi connectivity index (χ4v) is 2.69. The van der Waals surface area contributed by atoms with Crippen molar-refractivity contribution in [1.82, 2.24) is 4.98 Å². The number of carbonyl (C=O) groups excluding carboxylic acids is 2. The number of nitrogens with zero attached hydrogens (tertiary/aromatic N) is 2. The van der Waals surface area contributed by atoms with Crippen molar-refractivity contribution in [1.29, 1.82) is 5.26 Å². The maximum atomic E-state index is 12.6. The van der Waals surface area contributed by atoms with Gasteiger partial charge in [0.2, 0.25) is 0 Å². The maximum Gasteiger partial charge on any atom is 0.257 e. The van der Waals surface area contributed by atoms with Crippen molar-refractivity contribution < 1.29 is 14.3 Å². The molecule has 0 spiro atoms. The second-order valence-corrected chi connectivity index (χ2v) is 6.23. The Morgan fingerprint density at radius 3 is 2.28 bits per heavy atom. The van der Waals surface area contributed by atoms with Gasteiger partial charge in [-0.15, -0.1) is 0 Å². The lowest BCUT2D eigenvalue weighted by Crippen LogP contribution is -2.17. The van der Waals surface area contributed by atoms with E-state index in [1.165, 1.54) is 25.6 Å². The zero-order valence-electron chi connectivity index (χ0n) is 15.9. The third kappa shape index (κ3) is 4.57. The Balaban J connectivity index is 1.80. The summed E-state index contributed by atoms with van der Waals surface area (Å²) in [5.74, 6) is -0.365. The number of benzene rings is 2. The molecular weight excluding hydrogens is 368 g/mol. The summed E-state index contributed by atoms with van der Waals surface area (Å²) in [4.78, 5) is 29.2. The predicted octanol–water partition coefficient (Wildman–Crippen LogP) is 3.77. The molecular formula is C22H18N4O3. The summed E-state index contributed by atoms with van der Waals surface area (Å²) >= 11 is 0. The number of nitriles is 1. The highest BCUT2D eigenvalue weighted by molar-refractivity contribution is 6.09.